The molecule has 22 heavy (non-hydrogen) atoms. The summed E-state index contributed by atoms with van der Waals surface area (Å²) in [4.78, 5) is 25.3. The molecule has 1 aromatic rings. The summed E-state index contributed by atoms with van der Waals surface area (Å²) in [6, 6.07) is 2.34. The molecule has 0 aliphatic carbocycles. The third kappa shape index (κ3) is 2.56. The summed E-state index contributed by atoms with van der Waals surface area (Å²) in [7, 11) is 2.90. The lowest BCUT2D eigenvalue weighted by molar-refractivity contribution is -0.137. The first kappa shape index (κ1) is 15.7. The van der Waals surface area contributed by atoms with Crippen LogP contribution in [0.3, 0.4) is 0 Å². The van der Waals surface area contributed by atoms with Crippen LogP contribution in [0.15, 0.2) is 12.1 Å². The summed E-state index contributed by atoms with van der Waals surface area (Å²) in [6.07, 6.45) is 5.92. The van der Waals surface area contributed by atoms with Crippen molar-refractivity contribution in [3.63, 3.8) is 0 Å². The van der Waals surface area contributed by atoms with Crippen molar-refractivity contribution in [2.45, 2.75) is 12.5 Å². The number of hydrogen-bond acceptors (Lipinski definition) is 5. The van der Waals surface area contributed by atoms with Gasteiger partial charge >= 0.3 is 0 Å². The Labute approximate surface area is 127 Å². The number of amides is 2. The topological polar surface area (TPSA) is 88.1 Å². The SMILES string of the molecule is C#Cc1cc(C(=O)N2CCC2C(=O)NO)cc(OC)c1OC. The number of carbonyl (C=O) groups is 2. The van der Waals surface area contributed by atoms with Gasteiger partial charge in [0.1, 0.15) is 6.04 Å². The number of rotatable bonds is 4. The van der Waals surface area contributed by atoms with Crippen molar-refractivity contribution in [3.05, 3.63) is 23.3 Å². The van der Waals surface area contributed by atoms with Crippen LogP contribution in [0.1, 0.15) is 22.3 Å². The van der Waals surface area contributed by atoms with Crippen LogP contribution in [0.4, 0.5) is 0 Å². The lowest BCUT2D eigenvalue weighted by Crippen LogP contribution is -2.57. The molecule has 1 unspecified atom stereocenters. The number of hydroxylamine groups is 1. The molecular formula is C15H16N2O5. The van der Waals surface area contributed by atoms with E-state index in [0.29, 0.717) is 35.6 Å². The van der Waals surface area contributed by atoms with E-state index in [9.17, 15) is 9.59 Å². The van der Waals surface area contributed by atoms with Gasteiger partial charge in [0.15, 0.2) is 11.5 Å². The largest absolute Gasteiger partial charge is 0.493 e. The maximum absolute atomic E-state index is 12.5. The first-order valence-electron chi connectivity index (χ1n) is 6.54. The highest BCUT2D eigenvalue weighted by atomic mass is 16.5. The molecule has 116 valence electrons. The number of nitrogens with one attached hydrogen (secondary N) is 1. The van der Waals surface area contributed by atoms with Crippen LogP contribution in [0, 0.1) is 12.3 Å². The number of methoxy groups -OCH3 is 2. The number of benzene rings is 1. The molecule has 0 radical (unpaired) electrons. The molecule has 7 nitrogen and oxygen atoms in total. The number of likely N-dealkylation sites (tertiary alicyclic amines) is 1. The Morgan fingerprint density at radius 1 is 1.41 bits per heavy atom. The highest BCUT2D eigenvalue weighted by molar-refractivity contribution is 5.99. The van der Waals surface area contributed by atoms with Crippen molar-refractivity contribution >= 4 is 11.8 Å². The van der Waals surface area contributed by atoms with Crippen LogP contribution >= 0.6 is 0 Å². The second-order valence-electron chi connectivity index (χ2n) is 4.68. The van der Waals surface area contributed by atoms with E-state index in [4.69, 9.17) is 21.1 Å². The third-order valence-corrected chi connectivity index (χ3v) is 3.57. The number of nitrogens with zero attached hydrogens (tertiary/aromatic N) is 1. The van der Waals surface area contributed by atoms with Crippen molar-refractivity contribution in [2.24, 2.45) is 0 Å². The van der Waals surface area contributed by atoms with E-state index in [0.717, 1.165) is 0 Å². The van der Waals surface area contributed by atoms with Crippen molar-refractivity contribution in [1.82, 2.24) is 10.4 Å². The Bertz CT molecular complexity index is 650. The normalized spacial score (nSPS) is 16.3. The highest BCUT2D eigenvalue weighted by Crippen LogP contribution is 2.33. The van der Waals surface area contributed by atoms with Gasteiger partial charge in [-0.15, -0.1) is 6.42 Å². The molecule has 7 heteroatoms. The molecule has 1 aromatic carbocycles. The molecule has 1 heterocycles. The highest BCUT2D eigenvalue weighted by Gasteiger charge is 2.38. The second-order valence-corrected chi connectivity index (χ2v) is 4.68. The smallest absolute Gasteiger partial charge is 0.266 e. The average molecular weight is 304 g/mol. The molecule has 0 spiro atoms. The van der Waals surface area contributed by atoms with Gasteiger partial charge in [-0.2, -0.15) is 0 Å². The molecule has 0 saturated carbocycles. The molecule has 1 atom stereocenters. The van der Waals surface area contributed by atoms with Crippen molar-refractivity contribution in [3.8, 4) is 23.8 Å². The van der Waals surface area contributed by atoms with Crippen LogP contribution in [0.5, 0.6) is 11.5 Å². The predicted molar refractivity (Wildman–Crippen MR) is 76.9 cm³/mol. The molecule has 1 saturated heterocycles. The molecule has 0 aromatic heterocycles. The molecular weight excluding hydrogens is 288 g/mol. The van der Waals surface area contributed by atoms with E-state index < -0.39 is 11.9 Å². The summed E-state index contributed by atoms with van der Waals surface area (Å²) >= 11 is 0. The van der Waals surface area contributed by atoms with E-state index in [1.807, 2.05) is 0 Å². The maximum atomic E-state index is 12.5. The zero-order chi connectivity index (χ0) is 16.3. The van der Waals surface area contributed by atoms with E-state index >= 15 is 0 Å². The average Bonchev–Trinajstić information content (AvgIpc) is 2.51. The van der Waals surface area contributed by atoms with Crippen LogP contribution < -0.4 is 15.0 Å². The molecule has 2 amide bonds. The van der Waals surface area contributed by atoms with Crippen LogP contribution in [0.2, 0.25) is 0 Å². The van der Waals surface area contributed by atoms with Crippen molar-refractivity contribution < 1.29 is 24.3 Å². The van der Waals surface area contributed by atoms with Gasteiger partial charge in [-0.3, -0.25) is 14.8 Å². The van der Waals surface area contributed by atoms with Crippen LogP contribution in [-0.4, -0.2) is 48.7 Å². The maximum Gasteiger partial charge on any atom is 0.266 e. The fourth-order valence-corrected chi connectivity index (χ4v) is 2.34. The van der Waals surface area contributed by atoms with Gasteiger partial charge in [0, 0.05) is 12.1 Å². The Hall–Kier alpha value is -2.72. The van der Waals surface area contributed by atoms with E-state index in [1.165, 1.54) is 31.3 Å². The lowest BCUT2D eigenvalue weighted by Gasteiger charge is -2.39. The lowest BCUT2D eigenvalue weighted by atomic mass is 9.99. The van der Waals surface area contributed by atoms with E-state index in [-0.39, 0.29) is 5.91 Å². The molecule has 0 bridgehead atoms. The van der Waals surface area contributed by atoms with Gasteiger partial charge in [0.2, 0.25) is 0 Å². The van der Waals surface area contributed by atoms with Gasteiger partial charge < -0.3 is 14.4 Å². The molecule has 1 aliphatic rings. The van der Waals surface area contributed by atoms with Crippen molar-refractivity contribution in [2.75, 3.05) is 20.8 Å². The summed E-state index contributed by atoms with van der Waals surface area (Å²) in [5.41, 5.74) is 2.23. The summed E-state index contributed by atoms with van der Waals surface area (Å²) in [6.45, 7) is 0.427. The molecule has 1 fully saturated rings. The Kier molecular flexibility index (Phi) is 4.53. The fraction of sp³-hybridized carbons (Fsp3) is 0.333. The summed E-state index contributed by atoms with van der Waals surface area (Å²) < 4.78 is 10.4. The number of carbonyl (C=O) groups excluding carboxylic acids is 2. The zero-order valence-corrected chi connectivity index (χ0v) is 12.3. The molecule has 2 rings (SSSR count). The fourth-order valence-electron chi connectivity index (χ4n) is 2.34. The van der Waals surface area contributed by atoms with Gasteiger partial charge in [-0.1, -0.05) is 5.92 Å². The van der Waals surface area contributed by atoms with Gasteiger partial charge in [0.25, 0.3) is 11.8 Å². The second kappa shape index (κ2) is 6.37. The minimum Gasteiger partial charge on any atom is -0.493 e. The standard InChI is InChI=1S/C15H16N2O5/c1-4-9-7-10(8-12(21-2)13(9)22-3)15(19)17-6-5-11(17)14(18)16-20/h1,7-8,11,20H,5-6H2,2-3H3,(H,16,18). The summed E-state index contributed by atoms with van der Waals surface area (Å²) in [5.74, 6) is 2.17. The molecule has 1 aliphatic heterocycles. The number of hydrogen-bond donors (Lipinski definition) is 2. The van der Waals surface area contributed by atoms with E-state index in [2.05, 4.69) is 5.92 Å². The number of ether oxygens (including phenoxy) is 2. The Morgan fingerprint density at radius 3 is 2.59 bits per heavy atom. The molecule has 2 N–H and O–H groups in total. The van der Waals surface area contributed by atoms with Crippen LogP contribution in [0.25, 0.3) is 0 Å². The van der Waals surface area contributed by atoms with Gasteiger partial charge in [-0.05, 0) is 18.6 Å². The monoisotopic (exact) mass is 304 g/mol. The van der Waals surface area contributed by atoms with Gasteiger partial charge in [0.05, 0.1) is 19.8 Å². The quantitative estimate of drug-likeness (QED) is 0.478. The van der Waals surface area contributed by atoms with Crippen LogP contribution in [-0.2, 0) is 4.79 Å². The summed E-state index contributed by atoms with van der Waals surface area (Å²) in [5, 5.41) is 8.67. The van der Waals surface area contributed by atoms with Crippen molar-refractivity contribution in [1.29, 1.82) is 0 Å². The minimum atomic E-state index is -0.681. The third-order valence-electron chi connectivity index (χ3n) is 3.57. The van der Waals surface area contributed by atoms with E-state index in [1.54, 1.807) is 5.48 Å². The zero-order valence-electron chi connectivity index (χ0n) is 12.3. The first-order chi connectivity index (χ1) is 10.6. The Balaban J connectivity index is 2.35. The number of terminal acetylenes is 1. The predicted octanol–water partition coefficient (Wildman–Crippen LogP) is 0.405. The minimum absolute atomic E-state index is 0.293. The Morgan fingerprint density at radius 2 is 2.14 bits per heavy atom. The van der Waals surface area contributed by atoms with Gasteiger partial charge in [-0.25, -0.2) is 5.48 Å². The first-order valence-corrected chi connectivity index (χ1v) is 6.54.